The Hall–Kier alpha value is -1.08. The molecule has 1 rings (SSSR count). The second kappa shape index (κ2) is 4.84. The van der Waals surface area contributed by atoms with Crippen LogP contribution in [-0.2, 0) is 4.79 Å². The molecule has 3 nitrogen and oxygen atoms in total. The van der Waals surface area contributed by atoms with Crippen LogP contribution in [0.25, 0.3) is 0 Å². The maximum Gasteiger partial charge on any atom is 0.408 e. The van der Waals surface area contributed by atoms with Gasteiger partial charge in [-0.1, -0.05) is 6.07 Å². The first-order valence-corrected chi connectivity index (χ1v) is 5.36. The summed E-state index contributed by atoms with van der Waals surface area (Å²) in [5.74, 6) is -0.814. The number of nitrogens with one attached hydrogen (secondary N) is 1. The fourth-order valence-corrected chi connectivity index (χ4v) is 1.93. The zero-order chi connectivity index (χ0) is 12.3. The van der Waals surface area contributed by atoms with Gasteiger partial charge in [0, 0.05) is 4.88 Å². The number of carbonyl (C=O) groups excluding carboxylic acids is 1. The third-order valence-corrected chi connectivity index (χ3v) is 2.94. The number of hydrogen-bond donors (Lipinski definition) is 2. The van der Waals surface area contributed by atoms with Gasteiger partial charge in [-0.05, 0) is 18.4 Å². The van der Waals surface area contributed by atoms with Crippen molar-refractivity contribution in [2.75, 3.05) is 0 Å². The number of primary amides is 1. The Morgan fingerprint density at radius 2 is 2.19 bits per heavy atom. The number of alkyl halides is 3. The molecular weight excluding hydrogens is 241 g/mol. The quantitative estimate of drug-likeness (QED) is 0.858. The normalized spacial score (nSPS) is 15.8. The zero-order valence-electron chi connectivity index (χ0n) is 8.41. The third kappa shape index (κ3) is 3.21. The van der Waals surface area contributed by atoms with Gasteiger partial charge in [0.05, 0.1) is 6.04 Å². The van der Waals surface area contributed by atoms with Gasteiger partial charge in [-0.15, -0.1) is 11.3 Å². The molecule has 1 aromatic rings. The molecule has 0 aliphatic heterocycles. The van der Waals surface area contributed by atoms with Gasteiger partial charge < -0.3 is 5.73 Å². The molecule has 7 heteroatoms. The molecule has 0 radical (unpaired) electrons. The van der Waals surface area contributed by atoms with E-state index >= 15 is 0 Å². The van der Waals surface area contributed by atoms with Crippen molar-refractivity contribution < 1.29 is 18.0 Å². The highest BCUT2D eigenvalue weighted by Crippen LogP contribution is 2.35. The average molecular weight is 252 g/mol. The molecule has 16 heavy (non-hydrogen) atoms. The number of thiophene rings is 1. The minimum Gasteiger partial charge on any atom is -0.368 e. The molecule has 0 fully saturated rings. The summed E-state index contributed by atoms with van der Waals surface area (Å²) in [5, 5.41) is 3.72. The number of carbonyl (C=O) groups is 1. The summed E-state index contributed by atoms with van der Waals surface area (Å²) in [5.41, 5.74) is 4.92. The molecule has 0 aliphatic carbocycles. The van der Waals surface area contributed by atoms with Crippen molar-refractivity contribution in [2.45, 2.75) is 25.2 Å². The standard InChI is InChI=1S/C9H11F3N2OS/c1-5(8(13)15)14-7(9(10,11)12)6-3-2-4-16-6/h2-5,7,14H,1H3,(H2,13,15)/t5-,7?/m1/s1. The van der Waals surface area contributed by atoms with E-state index in [1.165, 1.54) is 19.1 Å². The highest BCUT2D eigenvalue weighted by atomic mass is 32.1. The van der Waals surface area contributed by atoms with Crippen molar-refractivity contribution in [3.63, 3.8) is 0 Å². The number of amides is 1. The van der Waals surface area contributed by atoms with E-state index in [2.05, 4.69) is 5.32 Å². The topological polar surface area (TPSA) is 55.1 Å². The van der Waals surface area contributed by atoms with Crippen LogP contribution in [0.5, 0.6) is 0 Å². The van der Waals surface area contributed by atoms with Crippen molar-refractivity contribution in [1.82, 2.24) is 5.32 Å². The first-order valence-electron chi connectivity index (χ1n) is 4.48. The molecule has 1 heterocycles. The highest BCUT2D eigenvalue weighted by molar-refractivity contribution is 7.10. The molecule has 0 aliphatic rings. The fraction of sp³-hybridized carbons (Fsp3) is 0.444. The van der Waals surface area contributed by atoms with Crippen LogP contribution in [-0.4, -0.2) is 18.1 Å². The predicted molar refractivity (Wildman–Crippen MR) is 54.9 cm³/mol. The maximum atomic E-state index is 12.7. The lowest BCUT2D eigenvalue weighted by Crippen LogP contribution is -2.45. The molecule has 0 saturated carbocycles. The van der Waals surface area contributed by atoms with Gasteiger partial charge in [0.1, 0.15) is 6.04 Å². The smallest absolute Gasteiger partial charge is 0.368 e. The van der Waals surface area contributed by atoms with Crippen molar-refractivity contribution in [1.29, 1.82) is 0 Å². The van der Waals surface area contributed by atoms with Crippen molar-refractivity contribution in [3.05, 3.63) is 22.4 Å². The zero-order valence-corrected chi connectivity index (χ0v) is 9.23. The average Bonchev–Trinajstić information content (AvgIpc) is 2.63. The van der Waals surface area contributed by atoms with Gasteiger partial charge in [0.2, 0.25) is 5.91 Å². The van der Waals surface area contributed by atoms with E-state index in [-0.39, 0.29) is 4.88 Å². The second-order valence-corrected chi connectivity index (χ2v) is 4.26. The van der Waals surface area contributed by atoms with Crippen molar-refractivity contribution in [2.24, 2.45) is 5.73 Å². The van der Waals surface area contributed by atoms with E-state index in [0.717, 1.165) is 11.3 Å². The van der Waals surface area contributed by atoms with Gasteiger partial charge in [-0.2, -0.15) is 13.2 Å². The Morgan fingerprint density at radius 1 is 1.56 bits per heavy atom. The molecule has 3 N–H and O–H groups in total. The second-order valence-electron chi connectivity index (χ2n) is 3.28. The lowest BCUT2D eigenvalue weighted by atomic mass is 10.2. The largest absolute Gasteiger partial charge is 0.408 e. The molecule has 2 atom stereocenters. The summed E-state index contributed by atoms with van der Waals surface area (Å²) in [6.07, 6.45) is -4.45. The SMILES string of the molecule is C[C@@H](NC(c1cccs1)C(F)(F)F)C(N)=O. The Bertz CT molecular complexity index is 350. The summed E-state index contributed by atoms with van der Waals surface area (Å²) >= 11 is 0.977. The van der Waals surface area contributed by atoms with E-state index in [9.17, 15) is 18.0 Å². The van der Waals surface area contributed by atoms with E-state index < -0.39 is 24.2 Å². The molecular formula is C9H11F3N2OS. The number of rotatable bonds is 4. The highest BCUT2D eigenvalue weighted by Gasteiger charge is 2.42. The van der Waals surface area contributed by atoms with Crippen molar-refractivity contribution >= 4 is 17.2 Å². The van der Waals surface area contributed by atoms with E-state index in [0.29, 0.717) is 0 Å². The van der Waals surface area contributed by atoms with Gasteiger partial charge in [-0.25, -0.2) is 0 Å². The van der Waals surface area contributed by atoms with Crippen LogP contribution in [0.3, 0.4) is 0 Å². The molecule has 90 valence electrons. The van der Waals surface area contributed by atoms with Crippen LogP contribution in [0.4, 0.5) is 13.2 Å². The number of nitrogens with two attached hydrogens (primary N) is 1. The van der Waals surface area contributed by atoms with Crippen LogP contribution >= 0.6 is 11.3 Å². The van der Waals surface area contributed by atoms with Crippen molar-refractivity contribution in [3.8, 4) is 0 Å². The van der Waals surface area contributed by atoms with Gasteiger partial charge in [0.15, 0.2) is 0 Å². The number of hydrogen-bond acceptors (Lipinski definition) is 3. The van der Waals surface area contributed by atoms with Crippen LogP contribution in [0.15, 0.2) is 17.5 Å². The maximum absolute atomic E-state index is 12.7. The van der Waals surface area contributed by atoms with Crippen LogP contribution in [0.2, 0.25) is 0 Å². The molecule has 0 bridgehead atoms. The Kier molecular flexibility index (Phi) is 3.93. The summed E-state index contributed by atoms with van der Waals surface area (Å²) < 4.78 is 38.1. The number of halogens is 3. The van der Waals surface area contributed by atoms with Gasteiger partial charge in [0.25, 0.3) is 0 Å². The van der Waals surface area contributed by atoms with E-state index in [1.807, 2.05) is 0 Å². The first-order chi connectivity index (χ1) is 7.32. The summed E-state index contributed by atoms with van der Waals surface area (Å²) in [4.78, 5) is 10.8. The lowest BCUT2D eigenvalue weighted by molar-refractivity contribution is -0.159. The predicted octanol–water partition coefficient (Wildman–Crippen LogP) is 1.81. The summed E-state index contributed by atoms with van der Waals surface area (Å²) in [7, 11) is 0. The molecule has 0 spiro atoms. The molecule has 1 unspecified atom stereocenters. The Labute approximate surface area is 94.4 Å². The lowest BCUT2D eigenvalue weighted by Gasteiger charge is -2.23. The fourth-order valence-electron chi connectivity index (χ4n) is 1.13. The summed E-state index contributed by atoms with van der Waals surface area (Å²) in [6.45, 7) is 1.30. The minimum absolute atomic E-state index is 0.112. The summed E-state index contributed by atoms with van der Waals surface area (Å²) in [6, 6.07) is 0.00235. The first kappa shape index (κ1) is 13.0. The third-order valence-electron chi connectivity index (χ3n) is 2.00. The van der Waals surface area contributed by atoms with Gasteiger partial charge in [-0.3, -0.25) is 10.1 Å². The molecule has 1 aromatic heterocycles. The van der Waals surface area contributed by atoms with Crippen LogP contribution in [0, 0.1) is 0 Å². The molecule has 1 amide bonds. The Morgan fingerprint density at radius 3 is 2.56 bits per heavy atom. The van der Waals surface area contributed by atoms with Crippen LogP contribution < -0.4 is 11.1 Å². The van der Waals surface area contributed by atoms with Crippen LogP contribution in [0.1, 0.15) is 17.8 Å². The monoisotopic (exact) mass is 252 g/mol. The molecule has 0 aromatic carbocycles. The molecule has 0 saturated heterocycles. The van der Waals surface area contributed by atoms with E-state index in [1.54, 1.807) is 5.38 Å². The minimum atomic E-state index is -4.45. The van der Waals surface area contributed by atoms with E-state index in [4.69, 9.17) is 5.73 Å². The van der Waals surface area contributed by atoms with Gasteiger partial charge >= 0.3 is 6.18 Å². The Balaban J connectivity index is 2.86.